The van der Waals surface area contributed by atoms with Gasteiger partial charge in [-0.3, -0.25) is 0 Å². The number of aliphatic hydroxyl groups is 1. The van der Waals surface area contributed by atoms with Crippen LogP contribution < -0.4 is 5.73 Å². The van der Waals surface area contributed by atoms with Gasteiger partial charge in [-0.15, -0.1) is 0 Å². The molecule has 0 radical (unpaired) electrons. The highest BCUT2D eigenvalue weighted by Crippen LogP contribution is 2.34. The molecule has 15 heavy (non-hydrogen) atoms. The zero-order chi connectivity index (χ0) is 11.9. The predicted molar refractivity (Wildman–Crippen MR) is 46.7 cm³/mol. The number of rotatable bonds is 1. The molecular weight excluding hydrogens is 211 g/mol. The van der Waals surface area contributed by atoms with Crippen molar-refractivity contribution in [3.05, 3.63) is 17.5 Å². The number of hydrogen-bond acceptors (Lipinski definition) is 4. The van der Waals surface area contributed by atoms with Crippen LogP contribution in [0.15, 0.2) is 6.20 Å². The third-order valence-corrected chi connectivity index (χ3v) is 1.74. The quantitative estimate of drug-likeness (QED) is 0.749. The average Bonchev–Trinajstić information content (AvgIpc) is 2.00. The molecule has 0 aliphatic heterocycles. The van der Waals surface area contributed by atoms with Crippen LogP contribution in [0.25, 0.3) is 0 Å². The molecule has 0 atom stereocenters. The van der Waals surface area contributed by atoms with Crippen LogP contribution in [0.4, 0.5) is 19.1 Å². The molecule has 7 heteroatoms. The standard InChI is InChI=1S/C8H10F3N3O/c1-7(2,15)4-3-13-6(12)14-5(4)8(9,10)11/h3,15H,1-2H3,(H2,12,13,14). The van der Waals surface area contributed by atoms with E-state index in [1.807, 2.05) is 0 Å². The second-order valence-electron chi connectivity index (χ2n) is 3.55. The number of halogens is 3. The highest BCUT2D eigenvalue weighted by molar-refractivity contribution is 5.30. The van der Waals surface area contributed by atoms with Crippen LogP contribution >= 0.6 is 0 Å². The van der Waals surface area contributed by atoms with E-state index < -0.39 is 29.0 Å². The van der Waals surface area contributed by atoms with Gasteiger partial charge in [0.1, 0.15) is 0 Å². The Bertz CT molecular complexity index is 370. The fraction of sp³-hybridized carbons (Fsp3) is 0.500. The van der Waals surface area contributed by atoms with Gasteiger partial charge >= 0.3 is 6.18 Å². The van der Waals surface area contributed by atoms with E-state index in [4.69, 9.17) is 5.73 Å². The summed E-state index contributed by atoms with van der Waals surface area (Å²) < 4.78 is 37.5. The lowest BCUT2D eigenvalue weighted by molar-refractivity contribution is -0.144. The molecule has 0 aromatic carbocycles. The summed E-state index contributed by atoms with van der Waals surface area (Å²) in [4.78, 5) is 6.52. The van der Waals surface area contributed by atoms with Crippen molar-refractivity contribution in [3.8, 4) is 0 Å². The van der Waals surface area contributed by atoms with E-state index >= 15 is 0 Å². The van der Waals surface area contributed by atoms with Crippen molar-refractivity contribution in [2.75, 3.05) is 5.73 Å². The Morgan fingerprint density at radius 3 is 2.27 bits per heavy atom. The van der Waals surface area contributed by atoms with Gasteiger partial charge < -0.3 is 10.8 Å². The molecule has 1 heterocycles. The van der Waals surface area contributed by atoms with Crippen molar-refractivity contribution < 1.29 is 18.3 Å². The molecule has 3 N–H and O–H groups in total. The van der Waals surface area contributed by atoms with Crippen LogP contribution in [-0.4, -0.2) is 15.1 Å². The first-order valence-corrected chi connectivity index (χ1v) is 4.05. The Hall–Kier alpha value is -1.37. The maximum atomic E-state index is 12.5. The van der Waals surface area contributed by atoms with Crippen LogP contribution in [0.5, 0.6) is 0 Å². The Balaban J connectivity index is 3.41. The first-order chi connectivity index (χ1) is 6.62. The molecule has 1 aromatic rings. The molecule has 1 rings (SSSR count). The summed E-state index contributed by atoms with van der Waals surface area (Å²) in [6, 6.07) is 0. The second kappa shape index (κ2) is 3.34. The van der Waals surface area contributed by atoms with Gasteiger partial charge in [0.2, 0.25) is 5.95 Å². The minimum absolute atomic E-state index is 0.399. The molecule has 0 amide bonds. The van der Waals surface area contributed by atoms with Crippen LogP contribution in [0.2, 0.25) is 0 Å². The Morgan fingerprint density at radius 1 is 1.33 bits per heavy atom. The van der Waals surface area contributed by atoms with Crippen LogP contribution in [0.3, 0.4) is 0 Å². The summed E-state index contributed by atoms with van der Waals surface area (Å²) in [7, 11) is 0. The molecule has 0 aliphatic carbocycles. The highest BCUT2D eigenvalue weighted by atomic mass is 19.4. The van der Waals surface area contributed by atoms with E-state index in [0.29, 0.717) is 0 Å². The number of alkyl halides is 3. The van der Waals surface area contributed by atoms with E-state index in [0.717, 1.165) is 6.20 Å². The molecular formula is C8H10F3N3O. The first kappa shape index (κ1) is 11.7. The average molecular weight is 221 g/mol. The Morgan fingerprint density at radius 2 is 1.87 bits per heavy atom. The van der Waals surface area contributed by atoms with E-state index in [1.165, 1.54) is 13.8 Å². The van der Waals surface area contributed by atoms with E-state index in [2.05, 4.69) is 9.97 Å². The van der Waals surface area contributed by atoms with Gasteiger partial charge in [-0.2, -0.15) is 13.2 Å². The largest absolute Gasteiger partial charge is 0.433 e. The third kappa shape index (κ3) is 2.56. The highest BCUT2D eigenvalue weighted by Gasteiger charge is 2.39. The van der Waals surface area contributed by atoms with Gasteiger partial charge in [-0.1, -0.05) is 0 Å². The molecule has 0 fully saturated rings. The minimum Gasteiger partial charge on any atom is -0.386 e. The smallest absolute Gasteiger partial charge is 0.386 e. The summed E-state index contributed by atoms with van der Waals surface area (Å²) >= 11 is 0. The fourth-order valence-electron chi connectivity index (χ4n) is 1.06. The van der Waals surface area contributed by atoms with Crippen molar-refractivity contribution in [1.82, 2.24) is 9.97 Å². The minimum atomic E-state index is -4.66. The van der Waals surface area contributed by atoms with Crippen molar-refractivity contribution >= 4 is 5.95 Å². The van der Waals surface area contributed by atoms with Crippen molar-refractivity contribution in [1.29, 1.82) is 0 Å². The number of nitrogen functional groups attached to an aromatic ring is 1. The predicted octanol–water partition coefficient (Wildman–Crippen LogP) is 1.30. The zero-order valence-corrected chi connectivity index (χ0v) is 8.13. The molecule has 0 saturated heterocycles. The number of hydrogen-bond donors (Lipinski definition) is 2. The summed E-state index contributed by atoms with van der Waals surface area (Å²) in [6.45, 7) is 2.44. The summed E-state index contributed by atoms with van der Waals surface area (Å²) in [6.07, 6.45) is -3.78. The molecule has 84 valence electrons. The van der Waals surface area contributed by atoms with Crippen molar-refractivity contribution in [3.63, 3.8) is 0 Å². The molecule has 0 saturated carbocycles. The van der Waals surface area contributed by atoms with E-state index in [1.54, 1.807) is 0 Å². The van der Waals surface area contributed by atoms with Gasteiger partial charge in [-0.05, 0) is 13.8 Å². The Kier molecular flexibility index (Phi) is 2.60. The van der Waals surface area contributed by atoms with Gasteiger partial charge in [0, 0.05) is 11.8 Å². The Labute approximate surface area is 84.0 Å². The van der Waals surface area contributed by atoms with E-state index in [-0.39, 0.29) is 0 Å². The van der Waals surface area contributed by atoms with Gasteiger partial charge in [-0.25, -0.2) is 9.97 Å². The van der Waals surface area contributed by atoms with E-state index in [9.17, 15) is 18.3 Å². The van der Waals surface area contributed by atoms with Crippen LogP contribution in [0.1, 0.15) is 25.1 Å². The zero-order valence-electron chi connectivity index (χ0n) is 8.13. The maximum absolute atomic E-state index is 12.5. The lowest BCUT2D eigenvalue weighted by Crippen LogP contribution is -2.24. The molecule has 0 unspecified atom stereocenters. The van der Waals surface area contributed by atoms with Gasteiger partial charge in [0.15, 0.2) is 5.69 Å². The van der Waals surface area contributed by atoms with Crippen molar-refractivity contribution in [2.24, 2.45) is 0 Å². The molecule has 0 bridgehead atoms. The lowest BCUT2D eigenvalue weighted by Gasteiger charge is -2.21. The summed E-state index contributed by atoms with van der Waals surface area (Å²) in [5.74, 6) is -0.477. The maximum Gasteiger partial charge on any atom is 0.433 e. The lowest BCUT2D eigenvalue weighted by atomic mass is 9.98. The molecule has 0 aliphatic rings. The number of anilines is 1. The van der Waals surface area contributed by atoms with Gasteiger partial charge in [0.05, 0.1) is 5.60 Å². The van der Waals surface area contributed by atoms with Crippen LogP contribution in [-0.2, 0) is 11.8 Å². The number of nitrogens with two attached hydrogens (primary N) is 1. The van der Waals surface area contributed by atoms with Crippen molar-refractivity contribution in [2.45, 2.75) is 25.6 Å². The van der Waals surface area contributed by atoms with Gasteiger partial charge in [0.25, 0.3) is 0 Å². The number of nitrogens with zero attached hydrogens (tertiary/aromatic N) is 2. The fourth-order valence-corrected chi connectivity index (χ4v) is 1.06. The molecule has 1 aromatic heterocycles. The summed E-state index contributed by atoms with van der Waals surface area (Å²) in [5, 5.41) is 9.50. The SMILES string of the molecule is CC(C)(O)c1cnc(N)nc1C(F)(F)F. The monoisotopic (exact) mass is 221 g/mol. The second-order valence-corrected chi connectivity index (χ2v) is 3.55. The molecule has 0 spiro atoms. The number of aromatic nitrogens is 2. The first-order valence-electron chi connectivity index (χ1n) is 4.05. The van der Waals surface area contributed by atoms with Crippen LogP contribution in [0, 0.1) is 0 Å². The summed E-state index contributed by atoms with van der Waals surface area (Å²) in [5.41, 5.74) is 1.79. The topological polar surface area (TPSA) is 72.0 Å². The normalized spacial score (nSPS) is 12.9. The third-order valence-electron chi connectivity index (χ3n) is 1.74. The molecule has 4 nitrogen and oxygen atoms in total.